The highest BCUT2D eigenvalue weighted by Crippen LogP contribution is 2.18. The first-order chi connectivity index (χ1) is 8.73. The van der Waals surface area contributed by atoms with Crippen molar-refractivity contribution in [3.05, 3.63) is 24.3 Å². The normalized spacial score (nSPS) is 12.8. The number of primary sulfonamides is 1. The van der Waals surface area contributed by atoms with Gasteiger partial charge in [0.2, 0.25) is 20.0 Å². The highest BCUT2D eigenvalue weighted by Gasteiger charge is 2.22. The molecule has 0 saturated heterocycles. The molecule has 0 radical (unpaired) electrons. The van der Waals surface area contributed by atoms with Gasteiger partial charge in [-0.3, -0.25) is 0 Å². The van der Waals surface area contributed by atoms with Crippen LogP contribution in [0.3, 0.4) is 0 Å². The van der Waals surface area contributed by atoms with Crippen LogP contribution in [0.25, 0.3) is 0 Å². The Morgan fingerprint density at radius 3 is 1.84 bits per heavy atom. The van der Waals surface area contributed by atoms with Gasteiger partial charge in [0.1, 0.15) is 0 Å². The number of hydrogen-bond acceptors (Lipinski definition) is 4. The standard InChI is InChI=1S/C11H18N2O4S2/c1-3-9-13(4-2)19(16,17)11-7-5-10(6-8-11)18(12,14)15/h5-8H,3-4,9H2,1-2H3,(H2,12,14,15). The number of sulfonamides is 2. The van der Waals surface area contributed by atoms with Gasteiger partial charge in [0, 0.05) is 13.1 Å². The van der Waals surface area contributed by atoms with Gasteiger partial charge in [0.05, 0.1) is 9.79 Å². The van der Waals surface area contributed by atoms with Gasteiger partial charge in [-0.25, -0.2) is 22.0 Å². The third-order valence-electron chi connectivity index (χ3n) is 2.62. The Kier molecular flexibility index (Phi) is 5.08. The average molecular weight is 306 g/mol. The van der Waals surface area contributed by atoms with E-state index in [1.807, 2.05) is 6.92 Å². The molecule has 0 atom stereocenters. The lowest BCUT2D eigenvalue weighted by Crippen LogP contribution is -2.31. The van der Waals surface area contributed by atoms with E-state index in [0.29, 0.717) is 19.5 Å². The highest BCUT2D eigenvalue weighted by atomic mass is 32.2. The van der Waals surface area contributed by atoms with Crippen molar-refractivity contribution in [2.45, 2.75) is 30.1 Å². The number of nitrogens with zero attached hydrogens (tertiary/aromatic N) is 1. The van der Waals surface area contributed by atoms with Gasteiger partial charge in [-0.15, -0.1) is 0 Å². The lowest BCUT2D eigenvalue weighted by atomic mass is 10.4. The molecule has 1 aromatic rings. The van der Waals surface area contributed by atoms with Crippen LogP contribution >= 0.6 is 0 Å². The molecule has 0 aliphatic heterocycles. The fourth-order valence-electron chi connectivity index (χ4n) is 1.65. The number of nitrogens with two attached hydrogens (primary N) is 1. The van der Waals surface area contributed by atoms with Gasteiger partial charge < -0.3 is 0 Å². The summed E-state index contributed by atoms with van der Waals surface area (Å²) >= 11 is 0. The molecule has 0 spiro atoms. The second kappa shape index (κ2) is 6.00. The molecule has 1 aromatic carbocycles. The summed E-state index contributed by atoms with van der Waals surface area (Å²) in [5, 5.41) is 4.96. The highest BCUT2D eigenvalue weighted by molar-refractivity contribution is 7.89. The minimum absolute atomic E-state index is 0.0650. The molecule has 0 fully saturated rings. The van der Waals surface area contributed by atoms with E-state index in [-0.39, 0.29) is 9.79 Å². The van der Waals surface area contributed by atoms with Crippen molar-refractivity contribution in [1.29, 1.82) is 0 Å². The molecule has 0 bridgehead atoms. The van der Waals surface area contributed by atoms with Crippen LogP contribution in [0.2, 0.25) is 0 Å². The van der Waals surface area contributed by atoms with Crippen LogP contribution in [0.15, 0.2) is 34.1 Å². The summed E-state index contributed by atoms with van der Waals surface area (Å²) < 4.78 is 48.1. The molecule has 0 heterocycles. The predicted octanol–water partition coefficient (Wildman–Crippen LogP) is 0.755. The largest absolute Gasteiger partial charge is 0.243 e. The van der Waals surface area contributed by atoms with Gasteiger partial charge in [0.25, 0.3) is 0 Å². The zero-order valence-corrected chi connectivity index (χ0v) is 12.5. The Bertz CT molecular complexity index is 621. The second-order valence-electron chi connectivity index (χ2n) is 4.01. The zero-order valence-electron chi connectivity index (χ0n) is 10.9. The van der Waals surface area contributed by atoms with Gasteiger partial charge >= 0.3 is 0 Å². The molecule has 0 amide bonds. The molecule has 19 heavy (non-hydrogen) atoms. The third-order valence-corrected chi connectivity index (χ3v) is 5.53. The molecular weight excluding hydrogens is 288 g/mol. The zero-order chi connectivity index (χ0) is 14.7. The summed E-state index contributed by atoms with van der Waals surface area (Å²) in [6.07, 6.45) is 0.711. The molecule has 108 valence electrons. The van der Waals surface area contributed by atoms with E-state index >= 15 is 0 Å². The average Bonchev–Trinajstić information content (AvgIpc) is 2.34. The van der Waals surface area contributed by atoms with E-state index in [2.05, 4.69) is 0 Å². The summed E-state index contributed by atoms with van der Waals surface area (Å²) in [6.45, 7) is 4.44. The third kappa shape index (κ3) is 3.75. The minimum Gasteiger partial charge on any atom is -0.225 e. The Balaban J connectivity index is 3.16. The topological polar surface area (TPSA) is 97.5 Å². The van der Waals surface area contributed by atoms with Crippen molar-refractivity contribution < 1.29 is 16.8 Å². The van der Waals surface area contributed by atoms with Crippen LogP contribution in [-0.4, -0.2) is 34.2 Å². The van der Waals surface area contributed by atoms with Crippen LogP contribution in [0, 0.1) is 0 Å². The number of hydrogen-bond donors (Lipinski definition) is 1. The monoisotopic (exact) mass is 306 g/mol. The van der Waals surface area contributed by atoms with Crippen molar-refractivity contribution in [3.8, 4) is 0 Å². The Morgan fingerprint density at radius 1 is 1.00 bits per heavy atom. The maximum absolute atomic E-state index is 12.3. The first-order valence-corrected chi connectivity index (χ1v) is 8.85. The van der Waals surface area contributed by atoms with E-state index in [0.717, 1.165) is 0 Å². The van der Waals surface area contributed by atoms with Crippen molar-refractivity contribution in [2.24, 2.45) is 5.14 Å². The summed E-state index contributed by atoms with van der Waals surface area (Å²) in [4.78, 5) is -0.0415. The Hall–Kier alpha value is -0.960. The van der Waals surface area contributed by atoms with E-state index in [4.69, 9.17) is 5.14 Å². The van der Waals surface area contributed by atoms with Gasteiger partial charge in [-0.2, -0.15) is 4.31 Å². The molecule has 6 nitrogen and oxygen atoms in total. The number of benzene rings is 1. The molecule has 0 aromatic heterocycles. The molecule has 0 saturated carbocycles. The summed E-state index contributed by atoms with van der Waals surface area (Å²) in [7, 11) is -7.39. The molecule has 2 N–H and O–H groups in total. The van der Waals surface area contributed by atoms with Crippen molar-refractivity contribution in [3.63, 3.8) is 0 Å². The van der Waals surface area contributed by atoms with Crippen molar-refractivity contribution >= 4 is 20.0 Å². The second-order valence-corrected chi connectivity index (χ2v) is 7.51. The fraction of sp³-hybridized carbons (Fsp3) is 0.455. The fourth-order valence-corrected chi connectivity index (χ4v) is 3.70. The van der Waals surface area contributed by atoms with Gasteiger partial charge in [-0.05, 0) is 30.7 Å². The summed E-state index contributed by atoms with van der Waals surface area (Å²) in [5.74, 6) is 0. The van der Waals surface area contributed by atoms with Crippen molar-refractivity contribution in [2.75, 3.05) is 13.1 Å². The number of rotatable bonds is 6. The smallest absolute Gasteiger partial charge is 0.225 e. The summed E-state index contributed by atoms with van der Waals surface area (Å²) in [6, 6.07) is 4.91. The predicted molar refractivity (Wildman–Crippen MR) is 72.5 cm³/mol. The van der Waals surface area contributed by atoms with E-state index in [9.17, 15) is 16.8 Å². The lowest BCUT2D eigenvalue weighted by molar-refractivity contribution is 0.427. The Labute approximate surface area is 114 Å². The van der Waals surface area contributed by atoms with Gasteiger partial charge in [-0.1, -0.05) is 13.8 Å². The van der Waals surface area contributed by atoms with E-state index < -0.39 is 20.0 Å². The first kappa shape index (κ1) is 16.1. The van der Waals surface area contributed by atoms with Crippen LogP contribution in [0.1, 0.15) is 20.3 Å². The van der Waals surface area contributed by atoms with Crippen molar-refractivity contribution in [1.82, 2.24) is 4.31 Å². The molecule has 0 aliphatic carbocycles. The quantitative estimate of drug-likeness (QED) is 0.838. The first-order valence-electron chi connectivity index (χ1n) is 5.86. The SMILES string of the molecule is CCCN(CC)S(=O)(=O)c1ccc(S(N)(=O)=O)cc1. The lowest BCUT2D eigenvalue weighted by Gasteiger charge is -2.19. The molecule has 1 rings (SSSR count). The van der Waals surface area contributed by atoms with E-state index in [1.165, 1.54) is 28.6 Å². The molecular formula is C11H18N2O4S2. The van der Waals surface area contributed by atoms with Crippen LogP contribution in [-0.2, 0) is 20.0 Å². The van der Waals surface area contributed by atoms with Gasteiger partial charge in [0.15, 0.2) is 0 Å². The molecule has 0 unspecified atom stereocenters. The summed E-state index contributed by atoms with van der Waals surface area (Å²) in [5.41, 5.74) is 0. The van der Waals surface area contributed by atoms with E-state index in [1.54, 1.807) is 6.92 Å². The minimum atomic E-state index is -3.81. The van der Waals surface area contributed by atoms with Crippen LogP contribution in [0.5, 0.6) is 0 Å². The molecule has 0 aliphatic rings. The Morgan fingerprint density at radius 2 is 1.47 bits per heavy atom. The maximum Gasteiger partial charge on any atom is 0.243 e. The van der Waals surface area contributed by atoms with Crippen LogP contribution < -0.4 is 5.14 Å². The maximum atomic E-state index is 12.3. The molecule has 8 heteroatoms. The van der Waals surface area contributed by atoms with Crippen LogP contribution in [0.4, 0.5) is 0 Å².